The molecule has 3 atom stereocenters. The topological polar surface area (TPSA) is 54.0 Å². The maximum absolute atomic E-state index is 14.0. The van der Waals surface area contributed by atoms with Crippen molar-refractivity contribution in [2.75, 3.05) is 13.2 Å². The van der Waals surface area contributed by atoms with E-state index < -0.39 is 124 Å². The van der Waals surface area contributed by atoms with Crippen molar-refractivity contribution in [3.8, 4) is 0 Å². The lowest BCUT2D eigenvalue weighted by Gasteiger charge is -2.42. The Morgan fingerprint density at radius 3 is 1.23 bits per heavy atom. The molecule has 0 aliphatic carbocycles. The first-order chi connectivity index (χ1) is 23.0. The molecule has 0 saturated heterocycles. The first-order valence-corrected chi connectivity index (χ1v) is 24.8. The smallest absolute Gasteiger partial charge is 0.396 e. The summed E-state index contributed by atoms with van der Waals surface area (Å²) in [6.07, 6.45) is -36.0. The maximum atomic E-state index is 14.0. The minimum Gasteiger partial charge on any atom is -0.396 e. The molecule has 3 unspecified atom stereocenters. The number of alkyl halides is 16. The van der Waals surface area contributed by atoms with Crippen molar-refractivity contribution in [3.05, 3.63) is 12.7 Å². The second-order valence-electron chi connectivity index (χ2n) is 13.6. The van der Waals surface area contributed by atoms with E-state index in [-0.39, 0.29) is 18.1 Å². The fourth-order valence-electron chi connectivity index (χ4n) is 4.71. The quantitative estimate of drug-likeness (QED) is 0.0301. The molecule has 0 aromatic rings. The van der Waals surface area contributed by atoms with Gasteiger partial charge in [-0.15, -0.1) is 0 Å². The first-order valence-electron chi connectivity index (χ1n) is 15.8. The molecule has 0 bridgehead atoms. The van der Waals surface area contributed by atoms with Crippen LogP contribution >= 0.6 is 0 Å². The number of rotatable bonds is 25. The number of ether oxygens (including phenoxy) is 2. The second-order valence-corrected chi connectivity index (χ2v) is 26.4. The van der Waals surface area contributed by atoms with E-state index in [0.29, 0.717) is 6.42 Å². The molecule has 0 aliphatic rings. The van der Waals surface area contributed by atoms with Crippen LogP contribution in [0.5, 0.6) is 0 Å². The van der Waals surface area contributed by atoms with Crippen molar-refractivity contribution in [2.24, 2.45) is 0 Å². The molecule has 0 aromatic carbocycles. The maximum Gasteiger partial charge on any atom is 0.422 e. The van der Waals surface area contributed by atoms with E-state index in [1.165, 1.54) is 26.2 Å². The number of carbonyl (C=O) groups excluding carboxylic acids is 1. The molecule has 24 heteroatoms. The number of carbonyl (C=O) groups is 1. The van der Waals surface area contributed by atoms with Gasteiger partial charge in [0, 0.05) is 0 Å². The van der Waals surface area contributed by atoms with Gasteiger partial charge in [0.2, 0.25) is 0 Å². The largest absolute Gasteiger partial charge is 0.422 e. The Kier molecular flexibility index (Phi) is 18.2. The third-order valence-electron chi connectivity index (χ3n) is 7.69. The molecular weight excluding hydrogens is 805 g/mol. The number of hydrogen-bond acceptors (Lipinski definition) is 5. The molecule has 0 amide bonds. The van der Waals surface area contributed by atoms with Crippen LogP contribution in [0.25, 0.3) is 0 Å². The number of allylic oxidation sites excluding steroid dienone is 1. The Hall–Kier alpha value is -1.22. The summed E-state index contributed by atoms with van der Waals surface area (Å²) in [4.78, 5) is 13.1. The van der Waals surface area contributed by atoms with Gasteiger partial charge < -0.3 is 23.1 Å². The van der Waals surface area contributed by atoms with Crippen LogP contribution in [-0.4, -0.2) is 98.0 Å². The Balaban J connectivity index is 5.81. The number of hydrogen-bond donors (Lipinski definition) is 0. The highest BCUT2D eigenvalue weighted by atomic mass is 28.4. The standard InChI is InChI=1S/C28H44F16O5Si3/c1-8-14-52(7,21(45)9-2)22(48-50(3,4)15-10-12-46-27(41,42)25(37,38)19(29)17-23(31,32)33)49-51(5,6)16-11-13-47-28(43,44)26(39,40)20(30)18-24(34,35)36/h9,19-20,22H,2,8,10-18H2,1,3-7H3. The van der Waals surface area contributed by atoms with Gasteiger partial charge in [-0.25, -0.2) is 8.78 Å². The van der Waals surface area contributed by atoms with Crippen LogP contribution in [0.15, 0.2) is 12.7 Å². The summed E-state index contributed by atoms with van der Waals surface area (Å²) in [6, 6.07) is -0.0764. The van der Waals surface area contributed by atoms with E-state index in [4.69, 9.17) is 8.85 Å². The van der Waals surface area contributed by atoms with Crippen LogP contribution in [-0.2, 0) is 23.1 Å². The zero-order chi connectivity index (χ0) is 41.4. The normalized spacial score (nSPS) is 17.4. The second kappa shape index (κ2) is 18.6. The van der Waals surface area contributed by atoms with Gasteiger partial charge in [0.25, 0.3) is 0 Å². The van der Waals surface area contributed by atoms with Gasteiger partial charge in [0.1, 0.15) is 11.3 Å². The van der Waals surface area contributed by atoms with Crippen LogP contribution in [0.3, 0.4) is 0 Å². The molecule has 0 N–H and O–H groups in total. The van der Waals surface area contributed by atoms with Crippen molar-refractivity contribution in [1.29, 1.82) is 0 Å². The van der Waals surface area contributed by atoms with Crippen LogP contribution in [0.1, 0.15) is 39.0 Å². The fourth-order valence-corrected chi connectivity index (χ4v) is 14.5. The van der Waals surface area contributed by atoms with E-state index >= 15 is 0 Å². The van der Waals surface area contributed by atoms with E-state index in [0.717, 1.165) is 6.08 Å². The first kappa shape index (κ1) is 50.8. The third-order valence-corrected chi connectivity index (χ3v) is 17.1. The van der Waals surface area contributed by atoms with Gasteiger partial charge in [0.05, 0.1) is 26.1 Å². The summed E-state index contributed by atoms with van der Waals surface area (Å²) in [5.74, 6) is -13.0. The van der Waals surface area contributed by atoms with Gasteiger partial charge in [-0.1, -0.05) is 26.5 Å². The van der Waals surface area contributed by atoms with Crippen molar-refractivity contribution in [3.63, 3.8) is 0 Å². The highest BCUT2D eigenvalue weighted by Gasteiger charge is 2.66. The molecule has 0 rings (SSSR count). The summed E-state index contributed by atoms with van der Waals surface area (Å²) in [5.41, 5.74) is 0. The van der Waals surface area contributed by atoms with E-state index in [2.05, 4.69) is 16.1 Å². The zero-order valence-electron chi connectivity index (χ0n) is 29.2. The van der Waals surface area contributed by atoms with Gasteiger partial charge in [-0.3, -0.25) is 0 Å². The zero-order valence-corrected chi connectivity index (χ0v) is 32.2. The van der Waals surface area contributed by atoms with Crippen molar-refractivity contribution >= 4 is 30.1 Å². The molecule has 0 aromatic heterocycles. The van der Waals surface area contributed by atoms with Crippen molar-refractivity contribution in [2.45, 2.75) is 145 Å². The summed E-state index contributed by atoms with van der Waals surface area (Å²) in [6.45, 7) is 10.5. The average Bonchev–Trinajstić information content (AvgIpc) is 2.94. The summed E-state index contributed by atoms with van der Waals surface area (Å²) in [5, 5.41) is -0.455. The van der Waals surface area contributed by atoms with Gasteiger partial charge in [0.15, 0.2) is 37.1 Å². The molecule has 0 saturated carbocycles. The molecule has 0 spiro atoms. The van der Waals surface area contributed by atoms with E-state index in [1.807, 2.05) is 0 Å². The molecular formula is C28H44F16O5Si3. The predicted molar refractivity (Wildman–Crippen MR) is 165 cm³/mol. The van der Waals surface area contributed by atoms with Gasteiger partial charge in [-0.05, 0) is 63.2 Å². The monoisotopic (exact) mass is 848 g/mol. The van der Waals surface area contributed by atoms with Gasteiger partial charge in [-0.2, -0.15) is 61.5 Å². The Bertz CT molecular complexity index is 1070. The Morgan fingerprint density at radius 1 is 0.635 bits per heavy atom. The molecule has 0 aliphatic heterocycles. The summed E-state index contributed by atoms with van der Waals surface area (Å²) in [7, 11) is -9.74. The minimum absolute atomic E-state index is 0.155. The molecule has 0 fully saturated rings. The fraction of sp³-hybridized carbons (Fsp3) is 0.893. The highest BCUT2D eigenvalue weighted by Crippen LogP contribution is 2.44. The van der Waals surface area contributed by atoms with E-state index in [1.54, 1.807) is 13.5 Å². The lowest BCUT2D eigenvalue weighted by molar-refractivity contribution is -0.366. The summed E-state index contributed by atoms with van der Waals surface area (Å²) >= 11 is 0. The molecule has 0 heterocycles. The lowest BCUT2D eigenvalue weighted by atomic mass is 10.1. The van der Waals surface area contributed by atoms with Crippen LogP contribution in [0, 0.1) is 0 Å². The highest BCUT2D eigenvalue weighted by molar-refractivity contribution is 7.07. The Morgan fingerprint density at radius 2 is 0.962 bits per heavy atom. The SMILES string of the molecule is C=CC(=O)[Si](C)(CCC)C(O[Si](C)(C)CCCOC(F)(F)C(F)(F)C(F)CC(F)(F)F)O[Si](C)(C)CCCOC(F)(F)C(F)(F)C(F)CC(F)(F)F. The van der Waals surface area contributed by atoms with Crippen molar-refractivity contribution < 1.29 is 93.4 Å². The molecule has 52 heavy (non-hydrogen) atoms. The Labute approximate surface area is 294 Å². The molecule has 0 radical (unpaired) electrons. The van der Waals surface area contributed by atoms with Crippen LogP contribution < -0.4 is 0 Å². The molecule has 310 valence electrons. The molecule has 5 nitrogen and oxygen atoms in total. The lowest BCUT2D eigenvalue weighted by Crippen LogP contribution is -2.60. The van der Waals surface area contributed by atoms with Crippen LogP contribution in [0.4, 0.5) is 70.2 Å². The average molecular weight is 849 g/mol. The van der Waals surface area contributed by atoms with E-state index in [9.17, 15) is 75.0 Å². The minimum atomic E-state index is -5.83. The third kappa shape index (κ3) is 15.5. The van der Waals surface area contributed by atoms with Crippen LogP contribution in [0.2, 0.25) is 50.9 Å². The number of halogens is 16. The predicted octanol–water partition coefficient (Wildman–Crippen LogP) is 10.9. The van der Waals surface area contributed by atoms with Crippen molar-refractivity contribution in [1.82, 2.24) is 0 Å². The summed E-state index contributed by atoms with van der Waals surface area (Å²) < 4.78 is 232. The van der Waals surface area contributed by atoms with Gasteiger partial charge >= 0.3 is 36.4 Å².